The molecule has 2 aromatic rings. The van der Waals surface area contributed by atoms with Crippen molar-refractivity contribution in [2.75, 3.05) is 0 Å². The third-order valence-corrected chi connectivity index (χ3v) is 2.28. The van der Waals surface area contributed by atoms with Crippen molar-refractivity contribution in [3.63, 3.8) is 0 Å². The number of carboxylic acids is 1. The summed E-state index contributed by atoms with van der Waals surface area (Å²) >= 11 is 0. The Balaban J connectivity index is 0.000000606. The molecule has 0 fully saturated rings. The predicted octanol–water partition coefficient (Wildman–Crippen LogP) is 3.21. The van der Waals surface area contributed by atoms with E-state index in [1.807, 2.05) is 44.3 Å². The van der Waals surface area contributed by atoms with Gasteiger partial charge in [-0.3, -0.25) is 4.79 Å². The average Bonchev–Trinajstić information content (AvgIpc) is 2.72. The van der Waals surface area contributed by atoms with Crippen molar-refractivity contribution in [1.29, 1.82) is 0 Å². The lowest BCUT2D eigenvalue weighted by molar-refractivity contribution is -0.136. The monoisotopic (exact) mass is 219 g/mol. The van der Waals surface area contributed by atoms with Crippen LogP contribution in [0.2, 0.25) is 0 Å². The zero-order chi connectivity index (χ0) is 12.0. The molecule has 0 aliphatic rings. The largest absolute Gasteiger partial charge is 0.481 e. The van der Waals surface area contributed by atoms with Crippen molar-refractivity contribution in [3.8, 4) is 0 Å². The number of carboxylic acid groups (broad SMARTS) is 1. The first-order valence-corrected chi connectivity index (χ1v) is 5.54. The second-order valence-corrected chi connectivity index (χ2v) is 3.25. The summed E-state index contributed by atoms with van der Waals surface area (Å²) in [5.41, 5.74) is 2.14. The van der Waals surface area contributed by atoms with Crippen LogP contribution in [0.1, 0.15) is 25.8 Å². The molecule has 1 heterocycles. The number of aliphatic carboxylic acids is 1. The fourth-order valence-electron chi connectivity index (χ4n) is 1.58. The highest BCUT2D eigenvalue weighted by molar-refractivity contribution is 5.83. The summed E-state index contributed by atoms with van der Waals surface area (Å²) in [6.07, 6.45) is 2.65. The molecule has 0 saturated heterocycles. The van der Waals surface area contributed by atoms with Crippen LogP contribution in [-0.2, 0) is 11.2 Å². The van der Waals surface area contributed by atoms with E-state index in [-0.39, 0.29) is 6.42 Å². The van der Waals surface area contributed by atoms with Crippen LogP contribution in [0.5, 0.6) is 0 Å². The van der Waals surface area contributed by atoms with Gasteiger partial charge in [0.1, 0.15) is 0 Å². The summed E-state index contributed by atoms with van der Waals surface area (Å²) < 4.78 is 0. The minimum absolute atomic E-state index is 0.182. The number of H-pyrrole nitrogens is 1. The van der Waals surface area contributed by atoms with E-state index < -0.39 is 5.97 Å². The van der Waals surface area contributed by atoms with Gasteiger partial charge >= 0.3 is 5.97 Å². The summed E-state index contributed by atoms with van der Waals surface area (Å²) in [4.78, 5) is 13.5. The zero-order valence-corrected chi connectivity index (χ0v) is 9.66. The summed E-state index contributed by atoms with van der Waals surface area (Å²) in [6, 6.07) is 7.91. The van der Waals surface area contributed by atoms with Crippen molar-refractivity contribution < 1.29 is 9.90 Å². The van der Waals surface area contributed by atoms with Gasteiger partial charge in [-0.05, 0) is 18.1 Å². The number of nitrogens with one attached hydrogen (secondary N) is 1. The highest BCUT2D eigenvalue weighted by atomic mass is 16.4. The van der Waals surface area contributed by atoms with Crippen LogP contribution in [0.4, 0.5) is 0 Å². The number of aromatic nitrogens is 1. The SMILES string of the molecule is CC.O=C(O)CCc1c[nH]c2ccccc12. The Kier molecular flexibility index (Phi) is 4.58. The molecule has 0 radical (unpaired) electrons. The fourth-order valence-corrected chi connectivity index (χ4v) is 1.58. The first-order chi connectivity index (χ1) is 7.77. The van der Waals surface area contributed by atoms with E-state index in [1.165, 1.54) is 0 Å². The normalized spacial score (nSPS) is 9.62. The molecule has 86 valence electrons. The maximum Gasteiger partial charge on any atom is 0.303 e. The Labute approximate surface area is 95.1 Å². The first kappa shape index (κ1) is 12.3. The highest BCUT2D eigenvalue weighted by Gasteiger charge is 2.04. The molecule has 0 bridgehead atoms. The molecule has 1 aromatic carbocycles. The number of benzene rings is 1. The lowest BCUT2D eigenvalue weighted by Crippen LogP contribution is -1.96. The molecule has 3 nitrogen and oxygen atoms in total. The second kappa shape index (κ2) is 5.95. The number of rotatable bonds is 3. The molecule has 3 heteroatoms. The number of aryl methyl sites for hydroxylation is 1. The van der Waals surface area contributed by atoms with E-state index >= 15 is 0 Å². The minimum atomic E-state index is -0.754. The molecule has 0 amide bonds. The van der Waals surface area contributed by atoms with Crippen molar-refractivity contribution >= 4 is 16.9 Å². The van der Waals surface area contributed by atoms with Crippen molar-refractivity contribution in [3.05, 3.63) is 36.0 Å². The van der Waals surface area contributed by atoms with Crippen LogP contribution < -0.4 is 0 Å². The number of carbonyl (C=O) groups is 1. The smallest absolute Gasteiger partial charge is 0.303 e. The molecule has 1 aromatic heterocycles. The summed E-state index contributed by atoms with van der Waals surface area (Å²) in [5, 5.41) is 9.69. The molecule has 16 heavy (non-hydrogen) atoms. The molecular formula is C13H17NO2. The molecule has 0 atom stereocenters. The topological polar surface area (TPSA) is 53.1 Å². The Morgan fingerprint density at radius 1 is 1.31 bits per heavy atom. The first-order valence-electron chi connectivity index (χ1n) is 5.54. The third kappa shape index (κ3) is 2.86. The van der Waals surface area contributed by atoms with Crippen LogP contribution in [-0.4, -0.2) is 16.1 Å². The van der Waals surface area contributed by atoms with Gasteiger partial charge < -0.3 is 10.1 Å². The lowest BCUT2D eigenvalue weighted by Gasteiger charge is -1.95. The summed E-state index contributed by atoms with van der Waals surface area (Å²) in [7, 11) is 0. The number of hydrogen-bond acceptors (Lipinski definition) is 1. The van der Waals surface area contributed by atoms with E-state index in [2.05, 4.69) is 4.98 Å². The van der Waals surface area contributed by atoms with Crippen LogP contribution in [0.15, 0.2) is 30.5 Å². The molecule has 2 N–H and O–H groups in total. The number of aromatic amines is 1. The summed E-state index contributed by atoms with van der Waals surface area (Å²) in [6.45, 7) is 4.00. The molecule has 0 aliphatic heterocycles. The molecule has 0 aliphatic carbocycles. The highest BCUT2D eigenvalue weighted by Crippen LogP contribution is 2.18. The van der Waals surface area contributed by atoms with Gasteiger partial charge in [0.2, 0.25) is 0 Å². The van der Waals surface area contributed by atoms with Crippen LogP contribution in [0.3, 0.4) is 0 Å². The van der Waals surface area contributed by atoms with Gasteiger partial charge in [-0.15, -0.1) is 0 Å². The number of para-hydroxylation sites is 1. The van der Waals surface area contributed by atoms with E-state index in [1.54, 1.807) is 0 Å². The molecule has 0 saturated carbocycles. The van der Waals surface area contributed by atoms with E-state index in [0.29, 0.717) is 6.42 Å². The van der Waals surface area contributed by atoms with Crippen molar-refractivity contribution in [2.45, 2.75) is 26.7 Å². The molecule has 2 rings (SSSR count). The van der Waals surface area contributed by atoms with Gasteiger partial charge in [-0.2, -0.15) is 0 Å². The Morgan fingerprint density at radius 3 is 2.69 bits per heavy atom. The lowest BCUT2D eigenvalue weighted by atomic mass is 10.1. The number of hydrogen-bond donors (Lipinski definition) is 2. The third-order valence-electron chi connectivity index (χ3n) is 2.28. The Bertz CT molecular complexity index is 460. The van der Waals surface area contributed by atoms with Gasteiger partial charge in [-0.25, -0.2) is 0 Å². The summed E-state index contributed by atoms with van der Waals surface area (Å²) in [5.74, 6) is -0.754. The Hall–Kier alpha value is -1.77. The van der Waals surface area contributed by atoms with Crippen molar-refractivity contribution in [1.82, 2.24) is 4.98 Å². The minimum Gasteiger partial charge on any atom is -0.481 e. The standard InChI is InChI=1S/C11H11NO2.C2H6/c13-11(14)6-5-8-7-12-10-4-2-1-3-9(8)10;1-2/h1-4,7,12H,5-6H2,(H,13,14);1-2H3. The van der Waals surface area contributed by atoms with Gasteiger partial charge in [0, 0.05) is 23.5 Å². The van der Waals surface area contributed by atoms with Crippen LogP contribution in [0.25, 0.3) is 10.9 Å². The van der Waals surface area contributed by atoms with E-state index in [9.17, 15) is 4.79 Å². The number of fused-ring (bicyclic) bond motifs is 1. The van der Waals surface area contributed by atoms with Crippen LogP contribution >= 0.6 is 0 Å². The van der Waals surface area contributed by atoms with Gasteiger partial charge in [-0.1, -0.05) is 32.0 Å². The molecular weight excluding hydrogens is 202 g/mol. The zero-order valence-electron chi connectivity index (χ0n) is 9.66. The van der Waals surface area contributed by atoms with Crippen molar-refractivity contribution in [2.24, 2.45) is 0 Å². The van der Waals surface area contributed by atoms with Gasteiger partial charge in [0.15, 0.2) is 0 Å². The Morgan fingerprint density at radius 2 is 2.00 bits per heavy atom. The fraction of sp³-hybridized carbons (Fsp3) is 0.308. The van der Waals surface area contributed by atoms with E-state index in [4.69, 9.17) is 5.11 Å². The van der Waals surface area contributed by atoms with Crippen LogP contribution in [0, 0.1) is 0 Å². The maximum absolute atomic E-state index is 10.4. The second-order valence-electron chi connectivity index (χ2n) is 3.25. The molecule has 0 unspecified atom stereocenters. The van der Waals surface area contributed by atoms with E-state index in [0.717, 1.165) is 16.5 Å². The van der Waals surface area contributed by atoms with Gasteiger partial charge in [0.05, 0.1) is 0 Å². The molecule has 0 spiro atoms. The predicted molar refractivity (Wildman–Crippen MR) is 65.6 cm³/mol. The quantitative estimate of drug-likeness (QED) is 0.832. The van der Waals surface area contributed by atoms with Gasteiger partial charge in [0.25, 0.3) is 0 Å². The average molecular weight is 219 g/mol. The maximum atomic E-state index is 10.4.